The lowest BCUT2D eigenvalue weighted by molar-refractivity contribution is -0.115. The first-order valence-corrected chi connectivity index (χ1v) is 12.0. The number of sulfonamides is 1. The summed E-state index contributed by atoms with van der Waals surface area (Å²) in [6, 6.07) is 6.33. The summed E-state index contributed by atoms with van der Waals surface area (Å²) in [6.07, 6.45) is 5.02. The minimum absolute atomic E-state index is 0.110. The van der Waals surface area contributed by atoms with Gasteiger partial charge in [0.2, 0.25) is 15.9 Å². The van der Waals surface area contributed by atoms with Gasteiger partial charge in [0.25, 0.3) is 0 Å². The van der Waals surface area contributed by atoms with E-state index in [0.717, 1.165) is 49.6 Å². The van der Waals surface area contributed by atoms with Crippen LogP contribution in [0.15, 0.2) is 46.5 Å². The maximum absolute atomic E-state index is 13.7. The second-order valence-corrected chi connectivity index (χ2v) is 10.3. The lowest BCUT2D eigenvalue weighted by Gasteiger charge is -2.19. The van der Waals surface area contributed by atoms with Gasteiger partial charge >= 0.3 is 0 Å². The number of carbonyl (C=O) groups excluding carboxylic acids is 1. The molecular formula is C20H23F2N3O3S2. The molecule has 1 aromatic heterocycles. The van der Waals surface area contributed by atoms with Gasteiger partial charge in [0.05, 0.1) is 10.3 Å². The molecular weight excluding hydrogens is 432 g/mol. The van der Waals surface area contributed by atoms with Gasteiger partial charge in [-0.05, 0) is 44.0 Å². The summed E-state index contributed by atoms with van der Waals surface area (Å²) in [5, 5.41) is 1.97. The number of thioether (sulfide) groups is 1. The number of carbonyl (C=O) groups is 1. The molecule has 1 atom stereocenters. The average molecular weight is 456 g/mol. The highest BCUT2D eigenvalue weighted by Crippen LogP contribution is 2.26. The predicted octanol–water partition coefficient (Wildman–Crippen LogP) is 4.04. The van der Waals surface area contributed by atoms with E-state index in [4.69, 9.17) is 0 Å². The standard InChI is InChI=1S/C20H23F2N3O3S2/c1-14(20(26)24-19-16(21)7-6-8-17(19)22)29-18-10-9-15(13-23-18)30(27,28)25-11-4-2-3-5-12-25/h6-10,13-14H,2-5,11-12H2,1H3,(H,24,26). The van der Waals surface area contributed by atoms with Crippen LogP contribution in [0.2, 0.25) is 0 Å². The SMILES string of the molecule is CC(Sc1ccc(S(=O)(=O)N2CCCCCC2)cn1)C(=O)Nc1c(F)cccc1F. The molecule has 0 radical (unpaired) electrons. The summed E-state index contributed by atoms with van der Waals surface area (Å²) in [5.41, 5.74) is -0.498. The highest BCUT2D eigenvalue weighted by Gasteiger charge is 2.26. The van der Waals surface area contributed by atoms with E-state index in [1.165, 1.54) is 28.7 Å². The third-order valence-electron chi connectivity index (χ3n) is 4.79. The molecule has 1 fully saturated rings. The number of hydrogen-bond donors (Lipinski definition) is 1. The van der Waals surface area contributed by atoms with Crippen LogP contribution < -0.4 is 5.32 Å². The molecule has 2 heterocycles. The van der Waals surface area contributed by atoms with Crippen LogP contribution >= 0.6 is 11.8 Å². The maximum Gasteiger partial charge on any atom is 0.244 e. The van der Waals surface area contributed by atoms with Crippen LogP contribution in [-0.4, -0.2) is 42.0 Å². The third-order valence-corrected chi connectivity index (χ3v) is 7.72. The van der Waals surface area contributed by atoms with Crippen molar-refractivity contribution in [1.82, 2.24) is 9.29 Å². The molecule has 6 nitrogen and oxygen atoms in total. The number of nitrogens with one attached hydrogen (secondary N) is 1. The first-order valence-electron chi connectivity index (χ1n) is 9.67. The third kappa shape index (κ3) is 5.35. The predicted molar refractivity (Wildman–Crippen MR) is 112 cm³/mol. The van der Waals surface area contributed by atoms with Crippen molar-refractivity contribution >= 4 is 33.4 Å². The zero-order valence-electron chi connectivity index (χ0n) is 16.5. The number of pyridine rings is 1. The number of anilines is 1. The fraction of sp³-hybridized carbons (Fsp3) is 0.400. The second kappa shape index (κ2) is 9.84. The summed E-state index contributed by atoms with van der Waals surface area (Å²) >= 11 is 1.06. The molecule has 0 aliphatic carbocycles. The largest absolute Gasteiger partial charge is 0.320 e. The van der Waals surface area contributed by atoms with Crippen molar-refractivity contribution in [2.75, 3.05) is 18.4 Å². The zero-order valence-corrected chi connectivity index (χ0v) is 18.1. The number of aromatic nitrogens is 1. The summed E-state index contributed by atoms with van der Waals surface area (Å²) in [4.78, 5) is 16.6. The highest BCUT2D eigenvalue weighted by atomic mass is 32.2. The fourth-order valence-corrected chi connectivity index (χ4v) is 5.35. The monoisotopic (exact) mass is 455 g/mol. The van der Waals surface area contributed by atoms with E-state index in [1.807, 2.05) is 0 Å². The Hall–Kier alpha value is -2.04. The van der Waals surface area contributed by atoms with Crippen molar-refractivity contribution in [1.29, 1.82) is 0 Å². The molecule has 1 aromatic carbocycles. The Morgan fingerprint density at radius 3 is 2.30 bits per heavy atom. The first-order chi connectivity index (χ1) is 14.3. The van der Waals surface area contributed by atoms with Crippen LogP contribution in [0.5, 0.6) is 0 Å². The molecule has 1 saturated heterocycles. The fourth-order valence-electron chi connectivity index (χ4n) is 3.10. The van der Waals surface area contributed by atoms with Crippen molar-refractivity contribution in [3.63, 3.8) is 0 Å². The van der Waals surface area contributed by atoms with Crippen LogP contribution in [0.3, 0.4) is 0 Å². The number of rotatable bonds is 6. The molecule has 1 aliphatic rings. The molecule has 1 amide bonds. The van der Waals surface area contributed by atoms with Crippen LogP contribution in [0.25, 0.3) is 0 Å². The van der Waals surface area contributed by atoms with E-state index < -0.39 is 38.5 Å². The Bertz CT molecular complexity index is 973. The number of nitrogens with zero attached hydrogens (tertiary/aromatic N) is 2. The van der Waals surface area contributed by atoms with Gasteiger partial charge < -0.3 is 5.32 Å². The number of amides is 1. The number of para-hydroxylation sites is 1. The van der Waals surface area contributed by atoms with E-state index in [0.29, 0.717) is 18.1 Å². The maximum atomic E-state index is 13.7. The Kier molecular flexibility index (Phi) is 7.43. The molecule has 3 rings (SSSR count). The minimum Gasteiger partial charge on any atom is -0.320 e. The molecule has 0 spiro atoms. The summed E-state index contributed by atoms with van der Waals surface area (Å²) in [7, 11) is -3.60. The van der Waals surface area contributed by atoms with Gasteiger partial charge in [-0.1, -0.05) is 30.7 Å². The molecule has 162 valence electrons. The van der Waals surface area contributed by atoms with Gasteiger partial charge in [0, 0.05) is 19.3 Å². The lowest BCUT2D eigenvalue weighted by atomic mass is 10.2. The van der Waals surface area contributed by atoms with Gasteiger partial charge in [-0.15, -0.1) is 0 Å². The van der Waals surface area contributed by atoms with Crippen molar-refractivity contribution in [3.8, 4) is 0 Å². The van der Waals surface area contributed by atoms with E-state index in [-0.39, 0.29) is 4.90 Å². The van der Waals surface area contributed by atoms with Crippen molar-refractivity contribution in [3.05, 3.63) is 48.2 Å². The van der Waals surface area contributed by atoms with Crippen LogP contribution in [0, 0.1) is 11.6 Å². The minimum atomic E-state index is -3.60. The van der Waals surface area contributed by atoms with E-state index >= 15 is 0 Å². The Morgan fingerprint density at radius 1 is 1.10 bits per heavy atom. The molecule has 1 unspecified atom stereocenters. The van der Waals surface area contributed by atoms with Gasteiger partial charge in [-0.2, -0.15) is 4.31 Å². The topological polar surface area (TPSA) is 79.4 Å². The van der Waals surface area contributed by atoms with Gasteiger partial charge in [0.15, 0.2) is 0 Å². The quantitative estimate of drug-likeness (QED) is 0.665. The molecule has 0 bridgehead atoms. The average Bonchev–Trinajstić information content (AvgIpc) is 3.01. The molecule has 1 N–H and O–H groups in total. The lowest BCUT2D eigenvalue weighted by Crippen LogP contribution is -2.32. The normalized spacial score (nSPS) is 16.6. The van der Waals surface area contributed by atoms with Crippen molar-refractivity contribution in [2.24, 2.45) is 0 Å². The Morgan fingerprint density at radius 2 is 1.73 bits per heavy atom. The van der Waals surface area contributed by atoms with E-state index in [1.54, 1.807) is 6.92 Å². The molecule has 0 saturated carbocycles. The van der Waals surface area contributed by atoms with Gasteiger partial charge in [-0.3, -0.25) is 4.79 Å². The van der Waals surface area contributed by atoms with E-state index in [2.05, 4.69) is 10.3 Å². The number of halogens is 2. The van der Waals surface area contributed by atoms with Gasteiger partial charge in [-0.25, -0.2) is 22.2 Å². The Balaban J connectivity index is 1.65. The van der Waals surface area contributed by atoms with Crippen LogP contribution in [-0.2, 0) is 14.8 Å². The molecule has 1 aliphatic heterocycles. The molecule has 2 aromatic rings. The summed E-state index contributed by atoms with van der Waals surface area (Å²) < 4.78 is 54.5. The number of benzene rings is 1. The van der Waals surface area contributed by atoms with E-state index in [9.17, 15) is 22.0 Å². The van der Waals surface area contributed by atoms with Gasteiger partial charge in [0.1, 0.15) is 22.2 Å². The molecule has 10 heteroatoms. The highest BCUT2D eigenvalue weighted by molar-refractivity contribution is 8.00. The van der Waals surface area contributed by atoms with Crippen LogP contribution in [0.4, 0.5) is 14.5 Å². The molecule has 30 heavy (non-hydrogen) atoms. The summed E-state index contributed by atoms with van der Waals surface area (Å²) in [6.45, 7) is 2.58. The second-order valence-electron chi connectivity index (χ2n) is 7.00. The smallest absolute Gasteiger partial charge is 0.244 e. The van der Waals surface area contributed by atoms with Crippen molar-refractivity contribution < 1.29 is 22.0 Å². The Labute approximate surface area is 179 Å². The summed E-state index contributed by atoms with van der Waals surface area (Å²) in [5.74, 6) is -2.31. The number of hydrogen-bond acceptors (Lipinski definition) is 5. The first kappa shape index (κ1) is 22.6. The van der Waals surface area contributed by atoms with Crippen LogP contribution in [0.1, 0.15) is 32.6 Å². The van der Waals surface area contributed by atoms with Crippen molar-refractivity contribution in [2.45, 2.75) is 47.8 Å². The zero-order chi connectivity index (χ0) is 21.7.